The monoisotopic (exact) mass is 330 g/mol. The Morgan fingerprint density at radius 2 is 2.05 bits per heavy atom. The molecular weight excluding hydrogens is 318 g/mol. The van der Waals surface area contributed by atoms with Crippen LogP contribution in [-0.4, -0.2) is 14.9 Å². The van der Waals surface area contributed by atoms with Crippen molar-refractivity contribution in [2.24, 2.45) is 7.05 Å². The van der Waals surface area contributed by atoms with Crippen LogP contribution in [0.4, 0.5) is 8.78 Å². The first kappa shape index (κ1) is 14.1. The molecule has 0 bridgehead atoms. The highest BCUT2D eigenvalue weighted by Gasteiger charge is 2.17. The molecule has 0 fully saturated rings. The van der Waals surface area contributed by atoms with E-state index in [1.807, 2.05) is 6.92 Å². The summed E-state index contributed by atoms with van der Waals surface area (Å²) in [5, 5.41) is 14.3. The number of aliphatic hydroxyl groups excluding tert-OH is 1. The molecule has 0 aliphatic carbocycles. The van der Waals surface area contributed by atoms with E-state index in [0.717, 1.165) is 28.0 Å². The summed E-state index contributed by atoms with van der Waals surface area (Å²) in [6.45, 7) is 1.84. The molecule has 0 spiro atoms. The molecule has 0 radical (unpaired) electrons. The first-order valence-electron chi connectivity index (χ1n) is 5.71. The van der Waals surface area contributed by atoms with Crippen LogP contribution in [0.1, 0.15) is 23.1 Å². The van der Waals surface area contributed by atoms with Gasteiger partial charge in [0.1, 0.15) is 0 Å². The highest BCUT2D eigenvalue weighted by molar-refractivity contribution is 9.10. The molecule has 1 atom stereocenters. The summed E-state index contributed by atoms with van der Waals surface area (Å²) in [6.07, 6.45) is -0.649. The lowest BCUT2D eigenvalue weighted by Crippen LogP contribution is -2.07. The predicted molar refractivity (Wildman–Crippen MR) is 70.7 cm³/mol. The van der Waals surface area contributed by atoms with Crippen LogP contribution >= 0.6 is 15.9 Å². The highest BCUT2D eigenvalue weighted by Crippen LogP contribution is 2.26. The molecule has 0 saturated heterocycles. The summed E-state index contributed by atoms with van der Waals surface area (Å²) in [5.41, 5.74) is 1.95. The number of nitrogens with zero attached hydrogens (tertiary/aromatic N) is 2. The van der Waals surface area contributed by atoms with E-state index >= 15 is 0 Å². The number of aryl methyl sites for hydroxylation is 2. The van der Waals surface area contributed by atoms with Crippen molar-refractivity contribution in [1.29, 1.82) is 0 Å². The predicted octanol–water partition coefficient (Wildman–Crippen LogP) is 3.05. The maximum absolute atomic E-state index is 13.1. The van der Waals surface area contributed by atoms with Gasteiger partial charge in [-0.05, 0) is 40.5 Å². The van der Waals surface area contributed by atoms with Gasteiger partial charge >= 0.3 is 0 Å². The molecule has 1 N–H and O–H groups in total. The molecule has 1 aromatic carbocycles. The zero-order valence-electron chi connectivity index (χ0n) is 10.5. The molecule has 1 aromatic heterocycles. The largest absolute Gasteiger partial charge is 0.388 e. The standard InChI is InChI=1S/C13H13BrF2N2O/c1-7-13(14)11(18(2)17-7)6-12(19)8-3-4-9(15)10(16)5-8/h3-5,12,19H,6H2,1-2H3. The molecule has 0 aliphatic heterocycles. The minimum absolute atomic E-state index is 0.267. The van der Waals surface area contributed by atoms with Gasteiger partial charge in [-0.15, -0.1) is 0 Å². The normalized spacial score (nSPS) is 12.7. The van der Waals surface area contributed by atoms with Crippen molar-refractivity contribution in [2.45, 2.75) is 19.4 Å². The lowest BCUT2D eigenvalue weighted by Gasteiger charge is -2.12. The summed E-state index contributed by atoms with van der Waals surface area (Å²) in [4.78, 5) is 0. The molecule has 102 valence electrons. The second-order valence-electron chi connectivity index (χ2n) is 4.36. The molecule has 3 nitrogen and oxygen atoms in total. The van der Waals surface area contributed by atoms with E-state index < -0.39 is 17.7 Å². The third kappa shape index (κ3) is 2.84. The number of rotatable bonds is 3. The van der Waals surface area contributed by atoms with Crippen LogP contribution in [0.25, 0.3) is 0 Å². The zero-order valence-corrected chi connectivity index (χ0v) is 12.1. The Kier molecular flexibility index (Phi) is 4.01. The van der Waals surface area contributed by atoms with Crippen LogP contribution < -0.4 is 0 Å². The van der Waals surface area contributed by atoms with Gasteiger partial charge in [0.15, 0.2) is 11.6 Å². The maximum atomic E-state index is 13.1. The molecule has 0 saturated carbocycles. The third-order valence-corrected chi connectivity index (χ3v) is 4.01. The fraction of sp³-hybridized carbons (Fsp3) is 0.308. The molecule has 19 heavy (non-hydrogen) atoms. The molecule has 1 unspecified atom stereocenters. The van der Waals surface area contributed by atoms with Crippen LogP contribution in [0.15, 0.2) is 22.7 Å². The van der Waals surface area contributed by atoms with Gasteiger partial charge in [0.25, 0.3) is 0 Å². The van der Waals surface area contributed by atoms with Crippen LogP contribution in [-0.2, 0) is 13.5 Å². The number of aromatic nitrogens is 2. The van der Waals surface area contributed by atoms with Crippen molar-refractivity contribution in [3.8, 4) is 0 Å². The molecule has 0 amide bonds. The van der Waals surface area contributed by atoms with E-state index in [0.29, 0.717) is 5.56 Å². The van der Waals surface area contributed by atoms with Gasteiger partial charge in [-0.1, -0.05) is 6.07 Å². The summed E-state index contributed by atoms with van der Waals surface area (Å²) in [5.74, 6) is -1.88. The van der Waals surface area contributed by atoms with Gasteiger partial charge in [0, 0.05) is 13.5 Å². The van der Waals surface area contributed by atoms with Crippen LogP contribution in [0.5, 0.6) is 0 Å². The molecule has 2 rings (SSSR count). The van der Waals surface area contributed by atoms with E-state index in [1.165, 1.54) is 6.07 Å². The van der Waals surface area contributed by atoms with Gasteiger partial charge in [0.05, 0.1) is 22.0 Å². The average Bonchev–Trinajstić information content (AvgIpc) is 2.59. The van der Waals surface area contributed by atoms with E-state index in [4.69, 9.17) is 0 Å². The fourth-order valence-electron chi connectivity index (χ4n) is 1.92. The summed E-state index contributed by atoms with van der Waals surface area (Å²) in [7, 11) is 1.77. The number of aliphatic hydroxyl groups is 1. The Morgan fingerprint density at radius 3 is 2.58 bits per heavy atom. The van der Waals surface area contributed by atoms with Gasteiger partial charge in [0.2, 0.25) is 0 Å². The zero-order chi connectivity index (χ0) is 14.2. The van der Waals surface area contributed by atoms with Crippen molar-refractivity contribution >= 4 is 15.9 Å². The maximum Gasteiger partial charge on any atom is 0.159 e. The fourth-order valence-corrected chi connectivity index (χ4v) is 2.42. The number of hydrogen-bond donors (Lipinski definition) is 1. The van der Waals surface area contributed by atoms with Crippen LogP contribution in [0.2, 0.25) is 0 Å². The minimum Gasteiger partial charge on any atom is -0.388 e. The van der Waals surface area contributed by atoms with Crippen molar-refractivity contribution < 1.29 is 13.9 Å². The van der Waals surface area contributed by atoms with Gasteiger partial charge in [-0.3, -0.25) is 4.68 Å². The lowest BCUT2D eigenvalue weighted by molar-refractivity contribution is 0.175. The van der Waals surface area contributed by atoms with E-state index in [9.17, 15) is 13.9 Å². The van der Waals surface area contributed by atoms with E-state index in [1.54, 1.807) is 11.7 Å². The molecule has 2 aromatic rings. The smallest absolute Gasteiger partial charge is 0.159 e. The first-order chi connectivity index (χ1) is 8.90. The summed E-state index contributed by atoms with van der Waals surface area (Å²) in [6, 6.07) is 3.40. The summed E-state index contributed by atoms with van der Waals surface area (Å²) < 4.78 is 28.4. The van der Waals surface area contributed by atoms with E-state index in [2.05, 4.69) is 21.0 Å². The molecular formula is C13H13BrF2N2O. The highest BCUT2D eigenvalue weighted by atomic mass is 79.9. The Balaban J connectivity index is 2.25. The Hall–Kier alpha value is -1.27. The molecule has 1 heterocycles. The Bertz CT molecular complexity index is 613. The van der Waals surface area contributed by atoms with Gasteiger partial charge in [-0.25, -0.2) is 8.78 Å². The Labute approximate surface area is 118 Å². The first-order valence-corrected chi connectivity index (χ1v) is 6.50. The number of hydrogen-bond acceptors (Lipinski definition) is 2. The van der Waals surface area contributed by atoms with Crippen LogP contribution in [0, 0.1) is 18.6 Å². The number of halogens is 3. The molecule has 0 aliphatic rings. The molecule has 6 heteroatoms. The van der Waals surface area contributed by atoms with Crippen LogP contribution in [0.3, 0.4) is 0 Å². The van der Waals surface area contributed by atoms with Crippen molar-refractivity contribution in [3.63, 3.8) is 0 Å². The van der Waals surface area contributed by atoms with Gasteiger partial charge in [-0.2, -0.15) is 5.10 Å². The van der Waals surface area contributed by atoms with E-state index in [-0.39, 0.29) is 6.42 Å². The number of benzene rings is 1. The minimum atomic E-state index is -0.961. The summed E-state index contributed by atoms with van der Waals surface area (Å²) >= 11 is 3.40. The van der Waals surface area contributed by atoms with Crippen molar-refractivity contribution in [2.75, 3.05) is 0 Å². The SMILES string of the molecule is Cc1nn(C)c(CC(O)c2ccc(F)c(F)c2)c1Br. The Morgan fingerprint density at radius 1 is 1.37 bits per heavy atom. The quantitative estimate of drug-likeness (QED) is 0.939. The second-order valence-corrected chi connectivity index (χ2v) is 5.16. The third-order valence-electron chi connectivity index (χ3n) is 2.98. The van der Waals surface area contributed by atoms with Crippen molar-refractivity contribution in [1.82, 2.24) is 9.78 Å². The second kappa shape index (κ2) is 5.38. The van der Waals surface area contributed by atoms with Gasteiger partial charge < -0.3 is 5.11 Å². The van der Waals surface area contributed by atoms with Crippen molar-refractivity contribution in [3.05, 3.63) is 51.3 Å². The average molecular weight is 331 g/mol. The lowest BCUT2D eigenvalue weighted by atomic mass is 10.0. The topological polar surface area (TPSA) is 38.0 Å².